The zero-order valence-corrected chi connectivity index (χ0v) is 14.9. The first-order valence-electron chi connectivity index (χ1n) is 7.73. The van der Waals surface area contributed by atoms with Gasteiger partial charge in [-0.05, 0) is 0 Å². The molecule has 1 heteroatoms. The van der Waals surface area contributed by atoms with E-state index in [-0.39, 0.29) is 0 Å². The fourth-order valence-corrected chi connectivity index (χ4v) is 5.13. The molecule has 19 heavy (non-hydrogen) atoms. The molecule has 108 valence electrons. The molecule has 0 radical (unpaired) electrons. The number of hydrogen-bond donors (Lipinski definition) is 0. The zero-order chi connectivity index (χ0) is 13.7. The van der Waals surface area contributed by atoms with Gasteiger partial charge in [0.2, 0.25) is 0 Å². The molecule has 0 N–H and O–H groups in total. The summed E-state index contributed by atoms with van der Waals surface area (Å²) in [6, 6.07) is 0. The molecule has 2 aliphatic rings. The quantitative estimate of drug-likeness (QED) is 0.395. The molecule has 2 rings (SSSR count). The molecule has 1 atom stereocenters. The first kappa shape index (κ1) is 15.3. The van der Waals surface area contributed by atoms with Crippen molar-refractivity contribution in [3.63, 3.8) is 0 Å². The molecule has 0 amide bonds. The van der Waals surface area contributed by atoms with E-state index in [1.54, 1.807) is 11.1 Å². The molecule has 2 aliphatic carbocycles. The number of allylic oxidation sites excluding steroid dienone is 6. The minimum absolute atomic E-state index is 0.360. The fourth-order valence-electron chi connectivity index (χ4n) is 3.21. The maximum atomic E-state index is 2.58. The van der Waals surface area contributed by atoms with Gasteiger partial charge in [0.15, 0.2) is 0 Å². The summed E-state index contributed by atoms with van der Waals surface area (Å²) in [5.74, 6) is 0.838. The van der Waals surface area contributed by atoms with Crippen LogP contribution in [0.3, 0.4) is 0 Å². The van der Waals surface area contributed by atoms with Crippen LogP contribution < -0.4 is 21.2 Å². The van der Waals surface area contributed by atoms with Crippen molar-refractivity contribution in [3.8, 4) is 0 Å². The SMILES string of the molecule is CC[I-]CC1=CCC(C(C)(C)C2=CCCC=C2)CC1. The van der Waals surface area contributed by atoms with Crippen molar-refractivity contribution in [3.05, 3.63) is 35.5 Å². The number of alkyl halides is 2. The third-order valence-corrected chi connectivity index (χ3v) is 7.32. The summed E-state index contributed by atoms with van der Waals surface area (Å²) in [4.78, 5) is 0. The topological polar surface area (TPSA) is 0 Å². The van der Waals surface area contributed by atoms with Crippen molar-refractivity contribution in [2.75, 3.05) is 8.86 Å². The van der Waals surface area contributed by atoms with Gasteiger partial charge in [-0.25, -0.2) is 0 Å². The summed E-state index contributed by atoms with van der Waals surface area (Å²) in [5, 5.41) is 0. The van der Waals surface area contributed by atoms with Gasteiger partial charge in [-0.15, -0.1) is 0 Å². The van der Waals surface area contributed by atoms with Crippen LogP contribution in [-0.2, 0) is 0 Å². The van der Waals surface area contributed by atoms with E-state index in [0.29, 0.717) is 26.6 Å². The van der Waals surface area contributed by atoms with Crippen LogP contribution in [-0.4, -0.2) is 8.86 Å². The average molecular weight is 371 g/mol. The van der Waals surface area contributed by atoms with Gasteiger partial charge >= 0.3 is 130 Å². The van der Waals surface area contributed by atoms with Crippen LogP contribution in [0.4, 0.5) is 0 Å². The Hall–Kier alpha value is -0.0500. The summed E-state index contributed by atoms with van der Waals surface area (Å²) in [5.41, 5.74) is 3.72. The van der Waals surface area contributed by atoms with E-state index in [1.807, 2.05) is 0 Å². The Morgan fingerprint density at radius 2 is 2.11 bits per heavy atom. The second-order valence-corrected chi connectivity index (χ2v) is 9.65. The van der Waals surface area contributed by atoms with Crippen molar-refractivity contribution in [1.82, 2.24) is 0 Å². The predicted molar refractivity (Wildman–Crippen MR) is 81.1 cm³/mol. The standard InChI is InChI=1S/C18H28I/c1-4-19-14-15-10-12-17(13-11-15)18(2,3)16-8-6-5-7-9-16/h6,8-10,17H,4-5,7,11-14H2,1-3H3/q-1. The van der Waals surface area contributed by atoms with Gasteiger partial charge in [0, 0.05) is 0 Å². The molecule has 0 aromatic rings. The Bertz CT molecular complexity index is 384. The molecule has 0 aromatic heterocycles. The van der Waals surface area contributed by atoms with Gasteiger partial charge in [-0.2, -0.15) is 0 Å². The molecule has 0 fully saturated rings. The normalized spacial score (nSPS) is 24.3. The summed E-state index contributed by atoms with van der Waals surface area (Å²) in [6.07, 6.45) is 16.3. The second-order valence-electron chi connectivity index (χ2n) is 6.28. The van der Waals surface area contributed by atoms with Gasteiger partial charge in [0.05, 0.1) is 0 Å². The van der Waals surface area contributed by atoms with Gasteiger partial charge in [-0.1, -0.05) is 0 Å². The molecule has 0 saturated carbocycles. The summed E-state index contributed by atoms with van der Waals surface area (Å²) in [7, 11) is 0. The molecular weight excluding hydrogens is 343 g/mol. The number of halogens is 1. The Balaban J connectivity index is 1.98. The molecular formula is C18H28I-. The van der Waals surface area contributed by atoms with E-state index in [1.165, 1.54) is 41.0 Å². The van der Waals surface area contributed by atoms with Crippen molar-refractivity contribution >= 4 is 0 Å². The van der Waals surface area contributed by atoms with Crippen molar-refractivity contribution in [2.45, 2.75) is 52.9 Å². The minimum atomic E-state index is 0.360. The van der Waals surface area contributed by atoms with E-state index in [9.17, 15) is 0 Å². The van der Waals surface area contributed by atoms with Crippen LogP contribution >= 0.6 is 0 Å². The molecule has 0 heterocycles. The van der Waals surface area contributed by atoms with Crippen molar-refractivity contribution < 1.29 is 21.2 Å². The van der Waals surface area contributed by atoms with Crippen LogP contribution in [0.5, 0.6) is 0 Å². The van der Waals surface area contributed by atoms with Crippen LogP contribution in [0, 0.1) is 11.3 Å². The summed E-state index contributed by atoms with van der Waals surface area (Å²) >= 11 is 0.456. The zero-order valence-electron chi connectivity index (χ0n) is 12.7. The number of rotatable bonds is 5. The molecule has 0 aromatic carbocycles. The van der Waals surface area contributed by atoms with Crippen LogP contribution in [0.25, 0.3) is 0 Å². The third-order valence-electron chi connectivity index (χ3n) is 4.72. The van der Waals surface area contributed by atoms with E-state index in [2.05, 4.69) is 45.1 Å². The van der Waals surface area contributed by atoms with Gasteiger partial charge in [0.1, 0.15) is 0 Å². The van der Waals surface area contributed by atoms with Crippen LogP contribution in [0.1, 0.15) is 52.9 Å². The van der Waals surface area contributed by atoms with Gasteiger partial charge < -0.3 is 0 Å². The Morgan fingerprint density at radius 3 is 2.68 bits per heavy atom. The Kier molecular flexibility index (Phi) is 5.73. The van der Waals surface area contributed by atoms with Crippen molar-refractivity contribution in [1.29, 1.82) is 0 Å². The van der Waals surface area contributed by atoms with Gasteiger partial charge in [-0.3, -0.25) is 0 Å². The second kappa shape index (κ2) is 7.10. The fraction of sp³-hybridized carbons (Fsp3) is 0.667. The predicted octanol–water partition coefficient (Wildman–Crippen LogP) is 2.12. The molecule has 0 bridgehead atoms. The van der Waals surface area contributed by atoms with Crippen molar-refractivity contribution in [2.24, 2.45) is 11.3 Å². The molecule has 0 aliphatic heterocycles. The van der Waals surface area contributed by atoms with Crippen LogP contribution in [0.2, 0.25) is 0 Å². The molecule has 0 saturated heterocycles. The summed E-state index contributed by atoms with van der Waals surface area (Å²) in [6.45, 7) is 7.25. The summed E-state index contributed by atoms with van der Waals surface area (Å²) < 4.78 is 2.88. The molecule has 0 spiro atoms. The monoisotopic (exact) mass is 371 g/mol. The van der Waals surface area contributed by atoms with E-state index in [4.69, 9.17) is 0 Å². The average Bonchev–Trinajstić information content (AvgIpc) is 2.46. The molecule has 1 unspecified atom stereocenters. The molecule has 0 nitrogen and oxygen atoms in total. The van der Waals surface area contributed by atoms with Gasteiger partial charge in [0.25, 0.3) is 0 Å². The first-order valence-corrected chi connectivity index (χ1v) is 10.8. The Labute approximate surface area is 129 Å². The first-order chi connectivity index (χ1) is 9.14. The van der Waals surface area contributed by atoms with E-state index in [0.717, 1.165) is 5.92 Å². The van der Waals surface area contributed by atoms with E-state index < -0.39 is 0 Å². The Morgan fingerprint density at radius 1 is 1.26 bits per heavy atom. The maximum absolute atomic E-state index is 2.58. The van der Waals surface area contributed by atoms with E-state index >= 15 is 0 Å². The van der Waals surface area contributed by atoms with Crippen LogP contribution in [0.15, 0.2) is 35.5 Å². The third kappa shape index (κ3) is 3.96. The number of hydrogen-bond acceptors (Lipinski definition) is 0.